The van der Waals surface area contributed by atoms with E-state index in [1.54, 1.807) is 0 Å². The van der Waals surface area contributed by atoms with Gasteiger partial charge in [-0.3, -0.25) is 4.79 Å². The fraction of sp³-hybridized carbons (Fsp3) is 0.880. The molecule has 3 fully saturated rings. The molecule has 3 saturated carbocycles. The molecule has 0 heterocycles. The summed E-state index contributed by atoms with van der Waals surface area (Å²) in [7, 11) is 0. The maximum Gasteiger partial charge on any atom is 0.442 e. The van der Waals surface area contributed by atoms with Crippen LogP contribution in [-0.4, -0.2) is 18.8 Å². The Bertz CT molecular complexity index is 591. The lowest BCUT2D eigenvalue weighted by Crippen LogP contribution is -2.27. The van der Waals surface area contributed by atoms with Gasteiger partial charge in [0.05, 0.1) is 12.5 Å². The minimum absolute atomic E-state index is 0.00615. The number of alkyl halides is 3. The Balaban J connectivity index is 1.30. The van der Waals surface area contributed by atoms with Gasteiger partial charge < -0.3 is 4.74 Å². The number of hydrogen-bond donors (Lipinski definition) is 0. The first kappa shape index (κ1) is 24.6. The van der Waals surface area contributed by atoms with E-state index in [9.17, 15) is 22.4 Å². The number of carbonyl (C=O) groups excluding carboxylic acids is 1. The second kappa shape index (κ2) is 11.2. The predicted molar refractivity (Wildman–Crippen MR) is 113 cm³/mol. The number of allylic oxidation sites excluding steroid dienone is 2. The molecule has 0 bridgehead atoms. The third-order valence-corrected chi connectivity index (χ3v) is 8.15. The summed E-state index contributed by atoms with van der Waals surface area (Å²) in [4.78, 5) is 12.2. The molecular formula is C25H38F4O2. The van der Waals surface area contributed by atoms with Crippen LogP contribution in [0, 0.1) is 35.5 Å². The fourth-order valence-corrected chi connectivity index (χ4v) is 5.97. The molecule has 0 unspecified atom stereocenters. The van der Waals surface area contributed by atoms with E-state index in [0.29, 0.717) is 37.2 Å². The number of rotatable bonds is 6. The maximum absolute atomic E-state index is 13.2. The molecule has 3 rings (SSSR count). The van der Waals surface area contributed by atoms with Gasteiger partial charge in [0.1, 0.15) is 0 Å². The van der Waals surface area contributed by atoms with Crippen molar-refractivity contribution < 1.29 is 27.1 Å². The van der Waals surface area contributed by atoms with Gasteiger partial charge in [-0.2, -0.15) is 13.2 Å². The summed E-state index contributed by atoms with van der Waals surface area (Å²) in [5, 5.41) is 0. The van der Waals surface area contributed by atoms with Gasteiger partial charge in [0.2, 0.25) is 0 Å². The third kappa shape index (κ3) is 7.49. The molecule has 31 heavy (non-hydrogen) atoms. The summed E-state index contributed by atoms with van der Waals surface area (Å²) in [6.45, 7) is 2.77. The SMILES string of the molecule is CC1CCC(C(=O)OCCC2CCC(C3CCC(C=C(F)C(F)(F)F)CC3)CC2)CC1. The maximum atomic E-state index is 13.2. The van der Waals surface area contributed by atoms with Crippen molar-refractivity contribution in [2.75, 3.05) is 6.61 Å². The molecule has 6 heteroatoms. The summed E-state index contributed by atoms with van der Waals surface area (Å²) in [6.07, 6.45) is 8.78. The van der Waals surface area contributed by atoms with Crippen molar-refractivity contribution in [1.29, 1.82) is 0 Å². The predicted octanol–water partition coefficient (Wildman–Crippen LogP) is 7.77. The molecule has 178 valence electrons. The summed E-state index contributed by atoms with van der Waals surface area (Å²) in [6, 6.07) is 0. The Hall–Kier alpha value is -1.07. The molecule has 0 radical (unpaired) electrons. The van der Waals surface area contributed by atoms with Crippen molar-refractivity contribution in [2.24, 2.45) is 35.5 Å². The first-order valence-corrected chi connectivity index (χ1v) is 12.3. The largest absolute Gasteiger partial charge is 0.465 e. The highest BCUT2D eigenvalue weighted by Gasteiger charge is 2.36. The molecule has 0 atom stereocenters. The standard InChI is InChI=1S/C25H38F4O2/c1-17-2-8-22(9-3-17)24(30)31-15-14-18-4-10-20(11-5-18)21-12-6-19(7-13-21)16-23(26)25(27,28)29/h16-22H,2-15H2,1H3. The van der Waals surface area contributed by atoms with Crippen molar-refractivity contribution in [3.63, 3.8) is 0 Å². The van der Waals surface area contributed by atoms with E-state index >= 15 is 0 Å². The van der Waals surface area contributed by atoms with Gasteiger partial charge in [0.15, 0.2) is 5.83 Å². The van der Waals surface area contributed by atoms with E-state index in [1.165, 1.54) is 0 Å². The quantitative estimate of drug-likeness (QED) is 0.308. The van der Waals surface area contributed by atoms with Gasteiger partial charge in [-0.25, -0.2) is 4.39 Å². The van der Waals surface area contributed by atoms with Crippen LogP contribution in [0.4, 0.5) is 17.6 Å². The van der Waals surface area contributed by atoms with E-state index in [2.05, 4.69) is 6.92 Å². The third-order valence-electron chi connectivity index (χ3n) is 8.15. The van der Waals surface area contributed by atoms with Gasteiger partial charge >= 0.3 is 12.1 Å². The van der Waals surface area contributed by atoms with E-state index in [0.717, 1.165) is 82.6 Å². The van der Waals surface area contributed by atoms with Crippen LogP contribution in [0.5, 0.6) is 0 Å². The van der Waals surface area contributed by atoms with Crippen molar-refractivity contribution in [2.45, 2.75) is 96.6 Å². The molecule has 0 amide bonds. The van der Waals surface area contributed by atoms with Gasteiger partial charge in [0.25, 0.3) is 0 Å². The molecular weight excluding hydrogens is 408 g/mol. The van der Waals surface area contributed by atoms with Crippen molar-refractivity contribution >= 4 is 5.97 Å². The van der Waals surface area contributed by atoms with E-state index in [-0.39, 0.29) is 17.8 Å². The fourth-order valence-electron chi connectivity index (χ4n) is 5.97. The molecule has 0 aromatic heterocycles. The van der Waals surface area contributed by atoms with Gasteiger partial charge in [-0.05, 0) is 106 Å². The van der Waals surface area contributed by atoms with Crippen LogP contribution >= 0.6 is 0 Å². The Morgan fingerprint density at radius 1 is 0.871 bits per heavy atom. The normalized spacial score (nSPS) is 35.6. The lowest BCUT2D eigenvalue weighted by Gasteiger charge is -2.37. The molecule has 2 nitrogen and oxygen atoms in total. The van der Waals surface area contributed by atoms with Gasteiger partial charge in [-0.1, -0.05) is 19.8 Å². The molecule has 3 aliphatic carbocycles. The molecule has 0 spiro atoms. The van der Waals surface area contributed by atoms with Gasteiger partial charge in [-0.15, -0.1) is 0 Å². The molecule has 0 saturated heterocycles. The molecule has 0 aromatic carbocycles. The number of halogens is 4. The van der Waals surface area contributed by atoms with Crippen LogP contribution in [-0.2, 0) is 9.53 Å². The smallest absolute Gasteiger partial charge is 0.442 e. The van der Waals surface area contributed by atoms with Crippen LogP contribution in [0.25, 0.3) is 0 Å². The zero-order chi connectivity index (χ0) is 22.4. The number of ether oxygens (including phenoxy) is 1. The lowest BCUT2D eigenvalue weighted by atomic mass is 9.69. The minimum atomic E-state index is -4.85. The average molecular weight is 447 g/mol. The first-order chi connectivity index (χ1) is 14.7. The monoisotopic (exact) mass is 446 g/mol. The Morgan fingerprint density at radius 3 is 1.97 bits per heavy atom. The second-order valence-corrected chi connectivity index (χ2v) is 10.4. The van der Waals surface area contributed by atoms with Crippen LogP contribution in [0.1, 0.15) is 90.4 Å². The summed E-state index contributed by atoms with van der Waals surface area (Å²) in [5.41, 5.74) is 0. The number of esters is 1. The highest BCUT2D eigenvalue weighted by atomic mass is 19.4. The number of carbonyl (C=O) groups is 1. The van der Waals surface area contributed by atoms with Crippen molar-refractivity contribution in [3.8, 4) is 0 Å². The van der Waals surface area contributed by atoms with Crippen LogP contribution < -0.4 is 0 Å². The lowest BCUT2D eigenvalue weighted by molar-refractivity contribution is -0.150. The molecule has 3 aliphatic rings. The van der Waals surface area contributed by atoms with E-state index < -0.39 is 12.0 Å². The average Bonchev–Trinajstić information content (AvgIpc) is 2.74. The zero-order valence-corrected chi connectivity index (χ0v) is 18.8. The highest BCUT2D eigenvalue weighted by molar-refractivity contribution is 5.72. The highest BCUT2D eigenvalue weighted by Crippen LogP contribution is 2.43. The van der Waals surface area contributed by atoms with Crippen LogP contribution in [0.2, 0.25) is 0 Å². The van der Waals surface area contributed by atoms with Crippen LogP contribution in [0.15, 0.2) is 11.9 Å². The van der Waals surface area contributed by atoms with Crippen LogP contribution in [0.3, 0.4) is 0 Å². The van der Waals surface area contributed by atoms with E-state index in [1.807, 2.05) is 0 Å². The van der Waals surface area contributed by atoms with Crippen molar-refractivity contribution in [1.82, 2.24) is 0 Å². The Kier molecular flexibility index (Phi) is 8.86. The number of hydrogen-bond acceptors (Lipinski definition) is 2. The summed E-state index contributed by atoms with van der Waals surface area (Å²) < 4.78 is 55.9. The molecule has 0 aromatic rings. The summed E-state index contributed by atoms with van der Waals surface area (Å²) in [5.74, 6) is 0.412. The van der Waals surface area contributed by atoms with Crippen molar-refractivity contribution in [3.05, 3.63) is 11.9 Å². The first-order valence-electron chi connectivity index (χ1n) is 12.3. The zero-order valence-electron chi connectivity index (χ0n) is 18.8. The minimum Gasteiger partial charge on any atom is -0.465 e. The molecule has 0 aliphatic heterocycles. The van der Waals surface area contributed by atoms with E-state index in [4.69, 9.17) is 4.74 Å². The molecule has 0 N–H and O–H groups in total. The second-order valence-electron chi connectivity index (χ2n) is 10.4. The Labute approximate surface area is 184 Å². The summed E-state index contributed by atoms with van der Waals surface area (Å²) >= 11 is 0. The topological polar surface area (TPSA) is 26.3 Å². The Morgan fingerprint density at radius 2 is 1.42 bits per heavy atom. The van der Waals surface area contributed by atoms with Gasteiger partial charge in [0, 0.05) is 0 Å².